The van der Waals surface area contributed by atoms with Gasteiger partial charge in [-0.15, -0.1) is 0 Å². The maximum atomic E-state index is 13.0. The van der Waals surface area contributed by atoms with Crippen molar-refractivity contribution in [3.63, 3.8) is 0 Å². The third-order valence-corrected chi connectivity index (χ3v) is 7.25. The second kappa shape index (κ2) is 10.1. The number of likely N-dealkylation sites (N-methyl/N-ethyl adjacent to an activating group) is 1. The molecule has 0 aliphatic heterocycles. The molecule has 0 spiro atoms. The summed E-state index contributed by atoms with van der Waals surface area (Å²) < 4.78 is 6.03. The Kier molecular flexibility index (Phi) is 7.15. The smallest absolute Gasteiger partial charge is 0.157 e. The molecule has 2 aliphatic rings. The van der Waals surface area contributed by atoms with Crippen molar-refractivity contribution in [1.29, 1.82) is 0 Å². The molecule has 0 amide bonds. The van der Waals surface area contributed by atoms with Gasteiger partial charge in [-0.25, -0.2) is 0 Å². The van der Waals surface area contributed by atoms with Crippen molar-refractivity contribution >= 4 is 11.6 Å². The first-order valence-corrected chi connectivity index (χ1v) is 12.0. The standard InChI is InChI=1S/C27H34N2O4/c1-28-26(14-4-2-12-24(26)31)21-9-7-11-23(19-21)33-17-16-29-27(15-5-3-13-25(27)32)20-8-6-10-22(30)18-20/h6-11,18-19,28-30H,2-5,12-17H2,1H3/t26-,27-/m1/s1. The van der Waals surface area contributed by atoms with Gasteiger partial charge in [0, 0.05) is 19.4 Å². The van der Waals surface area contributed by atoms with Crippen LogP contribution >= 0.6 is 0 Å². The third-order valence-electron chi connectivity index (χ3n) is 7.25. The van der Waals surface area contributed by atoms with E-state index in [2.05, 4.69) is 10.6 Å². The van der Waals surface area contributed by atoms with E-state index in [4.69, 9.17) is 4.74 Å². The summed E-state index contributed by atoms with van der Waals surface area (Å²) in [4.78, 5) is 25.7. The first kappa shape index (κ1) is 23.5. The Bertz CT molecular complexity index is 1010. The van der Waals surface area contributed by atoms with E-state index < -0.39 is 11.1 Å². The van der Waals surface area contributed by atoms with Gasteiger partial charge in [-0.1, -0.05) is 37.1 Å². The third kappa shape index (κ3) is 4.68. The quantitative estimate of drug-likeness (QED) is 0.528. The van der Waals surface area contributed by atoms with Gasteiger partial charge in [0.15, 0.2) is 11.6 Å². The van der Waals surface area contributed by atoms with Crippen LogP contribution in [-0.4, -0.2) is 36.9 Å². The number of Topliss-reactive ketones (excluding diaryl/α,β-unsaturated/α-hetero) is 2. The van der Waals surface area contributed by atoms with Gasteiger partial charge in [0.25, 0.3) is 0 Å². The summed E-state index contributed by atoms with van der Waals surface area (Å²) in [6, 6.07) is 14.8. The molecule has 0 saturated heterocycles. The van der Waals surface area contributed by atoms with Crippen LogP contribution in [0.1, 0.15) is 62.5 Å². The minimum Gasteiger partial charge on any atom is -0.508 e. The van der Waals surface area contributed by atoms with Gasteiger partial charge in [0.2, 0.25) is 0 Å². The van der Waals surface area contributed by atoms with Crippen molar-refractivity contribution in [3.05, 3.63) is 59.7 Å². The van der Waals surface area contributed by atoms with Crippen LogP contribution in [0.3, 0.4) is 0 Å². The van der Waals surface area contributed by atoms with E-state index in [9.17, 15) is 14.7 Å². The first-order valence-electron chi connectivity index (χ1n) is 12.0. The Morgan fingerprint density at radius 1 is 0.879 bits per heavy atom. The van der Waals surface area contributed by atoms with Gasteiger partial charge in [0.05, 0.1) is 0 Å². The van der Waals surface area contributed by atoms with Gasteiger partial charge in [0.1, 0.15) is 29.2 Å². The van der Waals surface area contributed by atoms with Gasteiger partial charge >= 0.3 is 0 Å². The Balaban J connectivity index is 1.44. The number of ketones is 2. The summed E-state index contributed by atoms with van der Waals surface area (Å²) in [5.74, 6) is 1.27. The number of rotatable bonds is 8. The summed E-state index contributed by atoms with van der Waals surface area (Å²) in [6.45, 7) is 0.875. The van der Waals surface area contributed by atoms with Crippen LogP contribution in [-0.2, 0) is 20.7 Å². The van der Waals surface area contributed by atoms with E-state index >= 15 is 0 Å². The topological polar surface area (TPSA) is 87.7 Å². The van der Waals surface area contributed by atoms with Crippen LogP contribution in [0.15, 0.2) is 48.5 Å². The highest BCUT2D eigenvalue weighted by Gasteiger charge is 2.41. The molecule has 2 saturated carbocycles. The number of ether oxygens (including phenoxy) is 1. The maximum Gasteiger partial charge on any atom is 0.157 e. The van der Waals surface area contributed by atoms with Crippen molar-refractivity contribution in [2.24, 2.45) is 0 Å². The van der Waals surface area contributed by atoms with Crippen molar-refractivity contribution in [1.82, 2.24) is 10.6 Å². The van der Waals surface area contributed by atoms with Gasteiger partial charge < -0.3 is 15.2 Å². The van der Waals surface area contributed by atoms with Gasteiger partial charge in [-0.3, -0.25) is 14.9 Å². The van der Waals surface area contributed by atoms with Gasteiger partial charge in [-0.2, -0.15) is 0 Å². The molecule has 2 aliphatic carbocycles. The zero-order valence-electron chi connectivity index (χ0n) is 19.4. The van der Waals surface area contributed by atoms with Crippen LogP contribution in [0.5, 0.6) is 11.5 Å². The zero-order chi connectivity index (χ0) is 23.3. The Morgan fingerprint density at radius 3 is 2.15 bits per heavy atom. The Morgan fingerprint density at radius 2 is 1.52 bits per heavy atom. The molecule has 0 aromatic heterocycles. The molecular formula is C27H34N2O4. The molecule has 0 bridgehead atoms. The highest BCUT2D eigenvalue weighted by molar-refractivity contribution is 5.91. The van der Waals surface area contributed by atoms with Crippen molar-refractivity contribution in [2.45, 2.75) is 62.4 Å². The molecule has 0 heterocycles. The predicted molar refractivity (Wildman–Crippen MR) is 127 cm³/mol. The highest BCUT2D eigenvalue weighted by atomic mass is 16.5. The molecule has 33 heavy (non-hydrogen) atoms. The van der Waals surface area contributed by atoms with Crippen molar-refractivity contribution < 1.29 is 19.4 Å². The summed E-state index contributed by atoms with van der Waals surface area (Å²) in [7, 11) is 1.85. The lowest BCUT2D eigenvalue weighted by atomic mass is 9.75. The van der Waals surface area contributed by atoms with Gasteiger partial charge in [-0.05, 0) is 68.1 Å². The molecule has 6 heteroatoms. The lowest BCUT2D eigenvalue weighted by molar-refractivity contribution is -0.128. The minimum absolute atomic E-state index is 0.160. The van der Waals surface area contributed by atoms with Crippen LogP contribution < -0.4 is 15.4 Å². The Labute approximate surface area is 195 Å². The van der Waals surface area contributed by atoms with E-state index in [1.54, 1.807) is 18.2 Å². The number of hydrogen-bond acceptors (Lipinski definition) is 6. The Hall–Kier alpha value is -2.70. The molecule has 4 rings (SSSR count). The summed E-state index contributed by atoms with van der Waals surface area (Å²) in [5.41, 5.74) is 0.330. The number of phenolic OH excluding ortho intramolecular Hbond substituents is 1. The summed E-state index contributed by atoms with van der Waals surface area (Å²) >= 11 is 0. The number of carbonyl (C=O) groups is 2. The first-order chi connectivity index (χ1) is 16.0. The number of phenols is 1. The van der Waals surface area contributed by atoms with Crippen LogP contribution in [0.25, 0.3) is 0 Å². The molecule has 2 aromatic rings. The maximum absolute atomic E-state index is 13.0. The number of carbonyl (C=O) groups excluding carboxylic acids is 2. The molecule has 3 N–H and O–H groups in total. The number of nitrogens with one attached hydrogen (secondary N) is 2. The van der Waals surface area contributed by atoms with E-state index in [1.807, 2.05) is 37.4 Å². The largest absolute Gasteiger partial charge is 0.508 e. The molecule has 2 aromatic carbocycles. The van der Waals surface area contributed by atoms with Crippen LogP contribution in [0, 0.1) is 0 Å². The SMILES string of the molecule is CN[C@@]1(c2cccc(OCCN[C@@]3(c4cccc(O)c4)CCCCC3=O)c2)CCCCC1=O. The van der Waals surface area contributed by atoms with E-state index in [0.29, 0.717) is 38.2 Å². The fourth-order valence-electron chi connectivity index (χ4n) is 5.42. The van der Waals surface area contributed by atoms with Crippen molar-refractivity contribution in [3.8, 4) is 11.5 Å². The summed E-state index contributed by atoms with van der Waals surface area (Å²) in [5, 5.41) is 16.7. The number of hydrogen-bond donors (Lipinski definition) is 3. The second-order valence-corrected chi connectivity index (χ2v) is 9.17. The highest BCUT2D eigenvalue weighted by Crippen LogP contribution is 2.37. The van der Waals surface area contributed by atoms with Crippen molar-refractivity contribution in [2.75, 3.05) is 20.2 Å². The molecule has 2 atom stereocenters. The fraction of sp³-hybridized carbons (Fsp3) is 0.481. The normalized spacial score (nSPS) is 25.7. The van der Waals surface area contributed by atoms with E-state index in [-0.39, 0.29) is 17.3 Å². The predicted octanol–water partition coefficient (Wildman–Crippen LogP) is 3.96. The lowest BCUT2D eigenvalue weighted by Gasteiger charge is -2.37. The lowest BCUT2D eigenvalue weighted by Crippen LogP contribution is -2.52. The zero-order valence-corrected chi connectivity index (χ0v) is 19.4. The number of aromatic hydroxyl groups is 1. The monoisotopic (exact) mass is 450 g/mol. The minimum atomic E-state index is -0.785. The van der Waals surface area contributed by atoms with Crippen LogP contribution in [0.2, 0.25) is 0 Å². The molecule has 2 fully saturated rings. The van der Waals surface area contributed by atoms with E-state index in [1.165, 1.54) is 0 Å². The molecule has 0 radical (unpaired) electrons. The average molecular weight is 451 g/mol. The number of benzene rings is 2. The fourth-order valence-corrected chi connectivity index (χ4v) is 5.42. The summed E-state index contributed by atoms with van der Waals surface area (Å²) in [6.07, 6.45) is 6.45. The molecular weight excluding hydrogens is 416 g/mol. The molecule has 0 unspecified atom stereocenters. The average Bonchev–Trinajstić information content (AvgIpc) is 2.84. The molecule has 6 nitrogen and oxygen atoms in total. The van der Waals surface area contributed by atoms with E-state index in [0.717, 1.165) is 43.2 Å². The second-order valence-electron chi connectivity index (χ2n) is 9.17. The molecule has 176 valence electrons. The van der Waals surface area contributed by atoms with Crippen LogP contribution in [0.4, 0.5) is 0 Å².